The molecule has 1 unspecified atom stereocenters. The maximum atomic E-state index is 12.3. The van der Waals surface area contributed by atoms with Crippen molar-refractivity contribution in [2.75, 3.05) is 18.9 Å². The van der Waals surface area contributed by atoms with Crippen LogP contribution in [0.2, 0.25) is 0 Å². The normalized spacial score (nSPS) is 12.7. The number of anilines is 1. The average molecular weight is 384 g/mol. The Kier molecular flexibility index (Phi) is 5.55. The number of hydrogen-bond acceptors (Lipinski definition) is 3. The molecule has 0 bridgehead atoms. The van der Waals surface area contributed by atoms with E-state index >= 15 is 0 Å². The van der Waals surface area contributed by atoms with Crippen LogP contribution in [0.15, 0.2) is 71.6 Å². The summed E-state index contributed by atoms with van der Waals surface area (Å²) in [5, 5.41) is 10.2. The third-order valence-electron chi connectivity index (χ3n) is 4.23. The summed E-state index contributed by atoms with van der Waals surface area (Å²) in [6.45, 7) is 0.960. The van der Waals surface area contributed by atoms with E-state index in [1.807, 2.05) is 19.2 Å². The summed E-state index contributed by atoms with van der Waals surface area (Å²) >= 11 is 0. The van der Waals surface area contributed by atoms with Crippen LogP contribution in [-0.4, -0.2) is 27.9 Å². The summed E-state index contributed by atoms with van der Waals surface area (Å²) in [6, 6.07) is 20.3. The fourth-order valence-electron chi connectivity index (χ4n) is 2.99. The van der Waals surface area contributed by atoms with Crippen molar-refractivity contribution in [1.29, 1.82) is 0 Å². The minimum atomic E-state index is -3.80. The Balaban J connectivity index is 1.61. The Hall–Kier alpha value is -2.74. The predicted molar refractivity (Wildman–Crippen MR) is 106 cm³/mol. The minimum absolute atomic E-state index is 0.0304. The lowest BCUT2D eigenvalue weighted by molar-refractivity contribution is -0.885. The summed E-state index contributed by atoms with van der Waals surface area (Å²) in [6.07, 6.45) is 0. The fraction of sp³-hybridized carbons (Fsp3) is 0.150. The molecule has 27 heavy (non-hydrogen) atoms. The number of likely N-dealkylation sites (N-methyl/N-ethyl adjacent to an activating group) is 1. The highest BCUT2D eigenvalue weighted by molar-refractivity contribution is 7.89. The van der Waals surface area contributed by atoms with Crippen molar-refractivity contribution in [2.24, 2.45) is 5.14 Å². The maximum absolute atomic E-state index is 12.3. The summed E-state index contributed by atoms with van der Waals surface area (Å²) in [4.78, 5) is 13.3. The zero-order valence-electron chi connectivity index (χ0n) is 15.0. The largest absolute Gasteiger partial charge is 0.326 e. The Morgan fingerprint density at radius 3 is 2.48 bits per heavy atom. The molecule has 1 atom stereocenters. The number of rotatable bonds is 6. The maximum Gasteiger partial charge on any atom is 0.279 e. The van der Waals surface area contributed by atoms with Gasteiger partial charge in [-0.3, -0.25) is 4.79 Å². The van der Waals surface area contributed by atoms with Crippen LogP contribution in [-0.2, 0) is 21.4 Å². The monoisotopic (exact) mass is 384 g/mol. The molecule has 0 spiro atoms. The lowest BCUT2D eigenvalue weighted by atomic mass is 10.1. The highest BCUT2D eigenvalue weighted by Gasteiger charge is 2.13. The van der Waals surface area contributed by atoms with E-state index in [0.717, 1.165) is 10.5 Å². The number of nitrogens with two attached hydrogens (primary N) is 1. The first kappa shape index (κ1) is 19.0. The van der Waals surface area contributed by atoms with Gasteiger partial charge in [-0.25, -0.2) is 13.6 Å². The van der Waals surface area contributed by atoms with Gasteiger partial charge < -0.3 is 10.2 Å². The van der Waals surface area contributed by atoms with Crippen LogP contribution >= 0.6 is 0 Å². The van der Waals surface area contributed by atoms with E-state index in [0.29, 0.717) is 12.2 Å². The number of primary sulfonamides is 1. The van der Waals surface area contributed by atoms with Gasteiger partial charge in [0.2, 0.25) is 10.0 Å². The van der Waals surface area contributed by atoms with Crippen LogP contribution in [0, 0.1) is 0 Å². The van der Waals surface area contributed by atoms with Crippen molar-refractivity contribution in [3.05, 3.63) is 72.3 Å². The first-order chi connectivity index (χ1) is 12.8. The van der Waals surface area contributed by atoms with E-state index in [1.54, 1.807) is 12.1 Å². The lowest BCUT2D eigenvalue weighted by Gasteiger charge is -2.14. The van der Waals surface area contributed by atoms with Crippen molar-refractivity contribution in [1.82, 2.24) is 0 Å². The Morgan fingerprint density at radius 1 is 1.00 bits per heavy atom. The number of carbonyl (C=O) groups is 1. The Bertz CT molecular complexity index is 1080. The second-order valence-corrected chi connectivity index (χ2v) is 8.17. The van der Waals surface area contributed by atoms with Gasteiger partial charge in [-0.2, -0.15) is 0 Å². The van der Waals surface area contributed by atoms with Gasteiger partial charge in [0, 0.05) is 11.3 Å². The minimum Gasteiger partial charge on any atom is -0.326 e. The molecule has 7 heteroatoms. The smallest absolute Gasteiger partial charge is 0.279 e. The topological polar surface area (TPSA) is 93.7 Å². The molecule has 3 aromatic rings. The third kappa shape index (κ3) is 5.13. The van der Waals surface area contributed by atoms with Gasteiger partial charge in [0.25, 0.3) is 5.91 Å². The number of benzene rings is 3. The summed E-state index contributed by atoms with van der Waals surface area (Å²) < 4.78 is 22.8. The highest BCUT2D eigenvalue weighted by Crippen LogP contribution is 2.15. The molecule has 3 aromatic carbocycles. The second-order valence-electron chi connectivity index (χ2n) is 6.61. The van der Waals surface area contributed by atoms with E-state index in [1.165, 1.54) is 22.9 Å². The van der Waals surface area contributed by atoms with Gasteiger partial charge in [-0.05, 0) is 35.0 Å². The molecule has 4 N–H and O–H groups in total. The van der Waals surface area contributed by atoms with Crippen molar-refractivity contribution in [3.8, 4) is 0 Å². The molecule has 0 aliphatic rings. The van der Waals surface area contributed by atoms with Crippen LogP contribution in [0.25, 0.3) is 10.8 Å². The molecule has 0 saturated heterocycles. The van der Waals surface area contributed by atoms with Crippen LogP contribution in [0.4, 0.5) is 5.69 Å². The molecule has 0 saturated carbocycles. The number of quaternary nitrogens is 1. The van der Waals surface area contributed by atoms with Gasteiger partial charge in [-0.15, -0.1) is 0 Å². The standard InChI is InChI=1S/C20H21N3O3S/c1-23(13-15-9-10-16-5-2-3-6-17(16)11-15)14-20(24)22-18-7-4-8-19(12-18)27(21,25)26/h2-12H,13-14H2,1H3,(H,22,24)(H2,21,25,26)/p+1. The van der Waals surface area contributed by atoms with E-state index < -0.39 is 10.0 Å². The summed E-state index contributed by atoms with van der Waals surface area (Å²) in [5.74, 6) is -0.195. The molecule has 0 aliphatic heterocycles. The van der Waals surface area contributed by atoms with Crippen molar-refractivity contribution >= 4 is 32.4 Å². The van der Waals surface area contributed by atoms with Crippen LogP contribution < -0.4 is 15.4 Å². The second kappa shape index (κ2) is 7.87. The molecule has 3 rings (SSSR count). The van der Waals surface area contributed by atoms with Crippen molar-refractivity contribution in [2.45, 2.75) is 11.4 Å². The average Bonchev–Trinajstić information content (AvgIpc) is 2.61. The highest BCUT2D eigenvalue weighted by atomic mass is 32.2. The number of amides is 1. The van der Waals surface area contributed by atoms with Crippen LogP contribution in [0.5, 0.6) is 0 Å². The molecular weight excluding hydrogens is 362 g/mol. The number of nitrogens with one attached hydrogen (secondary N) is 2. The molecule has 6 nitrogen and oxygen atoms in total. The molecule has 0 fully saturated rings. The molecule has 0 radical (unpaired) electrons. The van der Waals surface area contributed by atoms with E-state index in [2.05, 4.69) is 35.6 Å². The molecule has 1 amide bonds. The zero-order valence-corrected chi connectivity index (χ0v) is 15.8. The van der Waals surface area contributed by atoms with Crippen LogP contribution in [0.3, 0.4) is 0 Å². The van der Waals surface area contributed by atoms with Crippen molar-refractivity contribution in [3.63, 3.8) is 0 Å². The van der Waals surface area contributed by atoms with Crippen LogP contribution in [0.1, 0.15) is 5.56 Å². The molecule has 0 heterocycles. The number of carbonyl (C=O) groups excluding carboxylic acids is 1. The van der Waals surface area contributed by atoms with Gasteiger partial charge in [0.05, 0.1) is 11.9 Å². The number of fused-ring (bicyclic) bond motifs is 1. The summed E-state index contributed by atoms with van der Waals surface area (Å²) in [7, 11) is -1.86. The van der Waals surface area contributed by atoms with E-state index in [4.69, 9.17) is 5.14 Å². The fourth-order valence-corrected chi connectivity index (χ4v) is 3.55. The molecular formula is C20H22N3O3S+. The van der Waals surface area contributed by atoms with Gasteiger partial charge in [-0.1, -0.05) is 42.5 Å². The Morgan fingerprint density at radius 2 is 1.74 bits per heavy atom. The summed E-state index contributed by atoms with van der Waals surface area (Å²) in [5.41, 5.74) is 1.56. The first-order valence-electron chi connectivity index (χ1n) is 8.53. The van der Waals surface area contributed by atoms with E-state index in [9.17, 15) is 13.2 Å². The van der Waals surface area contributed by atoms with Gasteiger partial charge >= 0.3 is 0 Å². The number of sulfonamides is 1. The van der Waals surface area contributed by atoms with Crippen molar-refractivity contribution < 1.29 is 18.1 Å². The lowest BCUT2D eigenvalue weighted by Crippen LogP contribution is -3.08. The van der Waals surface area contributed by atoms with Gasteiger partial charge in [0.15, 0.2) is 6.54 Å². The third-order valence-corrected chi connectivity index (χ3v) is 5.14. The van der Waals surface area contributed by atoms with E-state index in [-0.39, 0.29) is 17.3 Å². The zero-order chi connectivity index (χ0) is 19.4. The SMILES string of the molecule is C[NH+](CC(=O)Nc1cccc(S(N)(=O)=O)c1)Cc1ccc2ccccc2c1. The first-order valence-corrected chi connectivity index (χ1v) is 10.1. The molecule has 0 aliphatic carbocycles. The predicted octanol–water partition coefficient (Wildman–Crippen LogP) is 1.14. The quantitative estimate of drug-likeness (QED) is 0.595. The molecule has 0 aromatic heterocycles. The molecule has 140 valence electrons. The Labute approximate surface area is 158 Å². The van der Waals surface area contributed by atoms with Gasteiger partial charge in [0.1, 0.15) is 6.54 Å². The number of hydrogen-bond donors (Lipinski definition) is 3.